The van der Waals surface area contributed by atoms with Gasteiger partial charge in [0.25, 0.3) is 0 Å². The van der Waals surface area contributed by atoms with Crippen LogP contribution in [0.4, 0.5) is 17.8 Å². The van der Waals surface area contributed by atoms with E-state index in [1.807, 2.05) is 0 Å². The van der Waals surface area contributed by atoms with Crippen molar-refractivity contribution >= 4 is 28.6 Å². The van der Waals surface area contributed by atoms with Crippen molar-refractivity contribution in [3.8, 4) is 0 Å². The van der Waals surface area contributed by atoms with Crippen molar-refractivity contribution in [2.45, 2.75) is 0 Å². The van der Waals surface area contributed by atoms with E-state index in [0.29, 0.717) is 43.4 Å². The normalized spacial score (nSPS) is 16.8. The molecule has 1 aliphatic rings. The van der Waals surface area contributed by atoms with Gasteiger partial charge in [-0.15, -0.1) is 0 Å². The smallest absolute Gasteiger partial charge is 0.232 e. The van der Waals surface area contributed by atoms with Gasteiger partial charge in [-0.3, -0.25) is 4.21 Å². The third-order valence-electron chi connectivity index (χ3n) is 2.81. The van der Waals surface area contributed by atoms with Gasteiger partial charge in [-0.05, 0) is 0 Å². The molecule has 1 atom stereocenters. The van der Waals surface area contributed by atoms with Gasteiger partial charge in [0.2, 0.25) is 17.8 Å². The molecule has 1 aromatic rings. The van der Waals surface area contributed by atoms with Gasteiger partial charge in [-0.1, -0.05) is 0 Å². The van der Waals surface area contributed by atoms with Crippen molar-refractivity contribution in [1.82, 2.24) is 15.0 Å². The van der Waals surface area contributed by atoms with E-state index >= 15 is 0 Å². The number of hydrogen-bond acceptors (Lipinski definition) is 8. The highest BCUT2D eigenvalue weighted by atomic mass is 32.2. The number of aromatic nitrogens is 3. The van der Waals surface area contributed by atoms with E-state index in [2.05, 4.69) is 30.5 Å². The Morgan fingerprint density at radius 1 is 1.25 bits per heavy atom. The zero-order chi connectivity index (χ0) is 14.4. The van der Waals surface area contributed by atoms with Gasteiger partial charge in [0.15, 0.2) is 0 Å². The molecule has 1 aromatic heterocycles. The highest BCUT2D eigenvalue weighted by molar-refractivity contribution is 7.84. The number of hydrogen-bond donors (Lipinski definition) is 2. The maximum absolute atomic E-state index is 11.1. The number of morpholine rings is 1. The van der Waals surface area contributed by atoms with Gasteiger partial charge in [-0.2, -0.15) is 15.0 Å². The summed E-state index contributed by atoms with van der Waals surface area (Å²) in [5, 5.41) is 6.00. The molecule has 0 spiro atoms. The molecule has 1 aliphatic heterocycles. The van der Waals surface area contributed by atoms with Crippen LogP contribution in [0.25, 0.3) is 0 Å². The predicted molar refractivity (Wildman–Crippen MR) is 79.8 cm³/mol. The van der Waals surface area contributed by atoms with Gasteiger partial charge in [-0.25, -0.2) is 0 Å². The van der Waals surface area contributed by atoms with E-state index in [1.165, 1.54) is 0 Å². The van der Waals surface area contributed by atoms with Crippen LogP contribution in [0.15, 0.2) is 0 Å². The van der Waals surface area contributed by atoms with Crippen LogP contribution in [-0.4, -0.2) is 71.1 Å². The highest BCUT2D eigenvalue weighted by Gasteiger charge is 2.16. The first kappa shape index (κ1) is 14.9. The second-order valence-corrected chi connectivity index (χ2v) is 5.89. The van der Waals surface area contributed by atoms with Crippen molar-refractivity contribution in [2.75, 3.05) is 67.4 Å². The van der Waals surface area contributed by atoms with Crippen LogP contribution < -0.4 is 15.5 Å². The predicted octanol–water partition coefficient (Wildman–Crippen LogP) is -0.460. The molecule has 0 radical (unpaired) electrons. The van der Waals surface area contributed by atoms with Crippen molar-refractivity contribution < 1.29 is 8.95 Å². The fourth-order valence-electron chi connectivity index (χ4n) is 1.77. The average Bonchev–Trinajstić information content (AvgIpc) is 2.47. The third-order valence-corrected chi connectivity index (χ3v) is 3.59. The lowest BCUT2D eigenvalue weighted by atomic mass is 10.4. The Hall–Kier alpha value is -1.48. The summed E-state index contributed by atoms with van der Waals surface area (Å²) in [7, 11) is 0.935. The minimum atomic E-state index is -0.832. The van der Waals surface area contributed by atoms with Crippen molar-refractivity contribution in [1.29, 1.82) is 0 Å². The monoisotopic (exact) mass is 300 g/mol. The van der Waals surface area contributed by atoms with Crippen molar-refractivity contribution in [2.24, 2.45) is 0 Å². The number of ether oxygens (including phenoxy) is 1. The molecular weight excluding hydrogens is 280 g/mol. The maximum atomic E-state index is 11.1. The van der Waals surface area contributed by atoms with Gasteiger partial charge in [0, 0.05) is 49.5 Å². The lowest BCUT2D eigenvalue weighted by Crippen LogP contribution is -2.37. The van der Waals surface area contributed by atoms with Crippen LogP contribution in [0.3, 0.4) is 0 Å². The molecule has 0 aromatic carbocycles. The molecule has 1 unspecified atom stereocenters. The van der Waals surface area contributed by atoms with Gasteiger partial charge < -0.3 is 20.3 Å². The number of rotatable bonds is 6. The molecule has 9 heteroatoms. The van der Waals surface area contributed by atoms with Crippen molar-refractivity contribution in [3.05, 3.63) is 0 Å². The van der Waals surface area contributed by atoms with E-state index < -0.39 is 10.8 Å². The van der Waals surface area contributed by atoms with Crippen LogP contribution in [0.5, 0.6) is 0 Å². The molecule has 1 fully saturated rings. The van der Waals surface area contributed by atoms with E-state index in [-0.39, 0.29) is 0 Å². The fourth-order valence-corrected chi connectivity index (χ4v) is 2.16. The molecule has 112 valence electrons. The lowest BCUT2D eigenvalue weighted by Gasteiger charge is -2.27. The first-order valence-electron chi connectivity index (χ1n) is 6.49. The second-order valence-electron chi connectivity index (χ2n) is 4.34. The summed E-state index contributed by atoms with van der Waals surface area (Å²) in [6.45, 7) is 3.46. The zero-order valence-electron chi connectivity index (χ0n) is 11.8. The summed E-state index contributed by atoms with van der Waals surface area (Å²) >= 11 is 0. The molecule has 0 bridgehead atoms. The van der Waals surface area contributed by atoms with E-state index in [0.717, 1.165) is 13.1 Å². The molecule has 2 N–H and O–H groups in total. The van der Waals surface area contributed by atoms with Crippen LogP contribution in [0, 0.1) is 0 Å². The van der Waals surface area contributed by atoms with Crippen molar-refractivity contribution in [3.63, 3.8) is 0 Å². The van der Waals surface area contributed by atoms with Crippen LogP contribution >= 0.6 is 0 Å². The number of nitrogens with zero attached hydrogens (tertiary/aromatic N) is 4. The standard InChI is InChI=1S/C11H20N6O2S/c1-12-9-14-10(13-3-8-20(2)18)16-11(15-9)17-4-6-19-7-5-17/h3-8H2,1-2H3,(H2,12,13,14,15,16). The van der Waals surface area contributed by atoms with E-state index in [9.17, 15) is 4.21 Å². The maximum Gasteiger partial charge on any atom is 0.232 e. The Balaban J connectivity index is 2.08. The summed E-state index contributed by atoms with van der Waals surface area (Å²) in [5.41, 5.74) is 0. The number of nitrogens with one attached hydrogen (secondary N) is 2. The second kappa shape index (κ2) is 7.34. The van der Waals surface area contributed by atoms with Crippen LogP contribution in [-0.2, 0) is 15.5 Å². The molecule has 2 heterocycles. The van der Waals surface area contributed by atoms with Gasteiger partial charge in [0.1, 0.15) is 0 Å². The number of anilines is 3. The van der Waals surface area contributed by atoms with Gasteiger partial charge >= 0.3 is 0 Å². The van der Waals surface area contributed by atoms with Crippen LogP contribution in [0.1, 0.15) is 0 Å². The molecule has 0 amide bonds. The Morgan fingerprint density at radius 3 is 2.60 bits per heavy atom. The Morgan fingerprint density at radius 2 is 1.95 bits per heavy atom. The third kappa shape index (κ3) is 4.27. The molecule has 2 rings (SSSR count). The molecule has 20 heavy (non-hydrogen) atoms. The average molecular weight is 300 g/mol. The summed E-state index contributed by atoms with van der Waals surface area (Å²) in [6, 6.07) is 0. The SMILES string of the molecule is CNc1nc(NCCS(C)=O)nc(N2CCOCC2)n1. The first-order valence-corrected chi connectivity index (χ1v) is 8.22. The molecule has 0 saturated carbocycles. The summed E-state index contributed by atoms with van der Waals surface area (Å²) < 4.78 is 16.4. The minimum Gasteiger partial charge on any atom is -0.378 e. The summed E-state index contributed by atoms with van der Waals surface area (Å²) in [4.78, 5) is 15.1. The van der Waals surface area contributed by atoms with Gasteiger partial charge in [0.05, 0.1) is 13.2 Å². The highest BCUT2D eigenvalue weighted by Crippen LogP contribution is 2.14. The Bertz CT molecular complexity index is 466. The van der Waals surface area contributed by atoms with E-state index in [4.69, 9.17) is 4.74 Å². The van der Waals surface area contributed by atoms with E-state index in [1.54, 1.807) is 13.3 Å². The quantitative estimate of drug-likeness (QED) is 0.729. The lowest BCUT2D eigenvalue weighted by molar-refractivity contribution is 0.122. The summed E-state index contributed by atoms with van der Waals surface area (Å²) in [5.74, 6) is 2.21. The minimum absolute atomic E-state index is 0.497. The first-order chi connectivity index (χ1) is 9.69. The molecule has 1 saturated heterocycles. The Kier molecular flexibility index (Phi) is 5.48. The molecule has 0 aliphatic carbocycles. The zero-order valence-corrected chi connectivity index (χ0v) is 12.6. The molecular formula is C11H20N6O2S. The topological polar surface area (TPSA) is 92.3 Å². The largest absolute Gasteiger partial charge is 0.378 e. The Labute approximate surface area is 120 Å². The van der Waals surface area contributed by atoms with Crippen LogP contribution in [0.2, 0.25) is 0 Å². The molecule has 8 nitrogen and oxygen atoms in total. The summed E-state index contributed by atoms with van der Waals surface area (Å²) in [6.07, 6.45) is 1.67. The fraction of sp³-hybridized carbons (Fsp3) is 0.727.